The van der Waals surface area contributed by atoms with Gasteiger partial charge in [-0.05, 0) is 36.6 Å². The van der Waals surface area contributed by atoms with Gasteiger partial charge in [-0.25, -0.2) is 4.79 Å². The minimum absolute atomic E-state index is 0.118. The molecule has 5 nitrogen and oxygen atoms in total. The summed E-state index contributed by atoms with van der Waals surface area (Å²) >= 11 is 0. The SMILES string of the molecule is Cc1ccc(CCC(=O)N[C@@H](Cc2ccc(O)cc2)C(=O)O)cc1. The molecular weight excluding hydrogens is 306 g/mol. The molecule has 1 atom stereocenters. The molecule has 2 aromatic carbocycles. The zero-order valence-electron chi connectivity index (χ0n) is 13.5. The van der Waals surface area contributed by atoms with Gasteiger partial charge in [-0.3, -0.25) is 4.79 Å². The zero-order chi connectivity index (χ0) is 17.5. The third-order valence-corrected chi connectivity index (χ3v) is 3.77. The number of carbonyl (C=O) groups excluding carboxylic acids is 1. The molecule has 0 unspecified atom stereocenters. The normalized spacial score (nSPS) is 11.7. The van der Waals surface area contributed by atoms with Crippen LogP contribution in [0.15, 0.2) is 48.5 Å². The first-order valence-corrected chi connectivity index (χ1v) is 7.79. The maximum Gasteiger partial charge on any atom is 0.326 e. The van der Waals surface area contributed by atoms with E-state index >= 15 is 0 Å². The van der Waals surface area contributed by atoms with Crippen molar-refractivity contribution in [1.82, 2.24) is 5.32 Å². The smallest absolute Gasteiger partial charge is 0.326 e. The highest BCUT2D eigenvalue weighted by Crippen LogP contribution is 2.12. The van der Waals surface area contributed by atoms with E-state index < -0.39 is 12.0 Å². The van der Waals surface area contributed by atoms with Crippen molar-refractivity contribution in [3.8, 4) is 5.75 Å². The number of rotatable bonds is 7. The number of benzene rings is 2. The summed E-state index contributed by atoms with van der Waals surface area (Å²) in [6.07, 6.45) is 0.978. The Morgan fingerprint density at radius 3 is 2.17 bits per heavy atom. The van der Waals surface area contributed by atoms with Crippen molar-refractivity contribution in [2.75, 3.05) is 0 Å². The van der Waals surface area contributed by atoms with Gasteiger partial charge in [0.1, 0.15) is 11.8 Å². The van der Waals surface area contributed by atoms with Crippen LogP contribution in [0, 0.1) is 6.92 Å². The van der Waals surface area contributed by atoms with E-state index in [0.29, 0.717) is 6.42 Å². The number of hydrogen-bond acceptors (Lipinski definition) is 3. The fraction of sp³-hybridized carbons (Fsp3) is 0.263. The van der Waals surface area contributed by atoms with Gasteiger partial charge in [-0.2, -0.15) is 0 Å². The van der Waals surface area contributed by atoms with Crippen molar-refractivity contribution in [2.24, 2.45) is 0 Å². The van der Waals surface area contributed by atoms with Gasteiger partial charge >= 0.3 is 5.97 Å². The largest absolute Gasteiger partial charge is 0.508 e. The van der Waals surface area contributed by atoms with Gasteiger partial charge in [-0.1, -0.05) is 42.0 Å². The zero-order valence-corrected chi connectivity index (χ0v) is 13.5. The van der Waals surface area contributed by atoms with Crippen LogP contribution in [0.2, 0.25) is 0 Å². The summed E-state index contributed by atoms with van der Waals surface area (Å²) in [6, 6.07) is 13.2. The molecule has 126 valence electrons. The van der Waals surface area contributed by atoms with Crippen LogP contribution in [0.4, 0.5) is 0 Å². The lowest BCUT2D eigenvalue weighted by molar-refractivity contribution is -0.141. The molecule has 3 N–H and O–H groups in total. The van der Waals surface area contributed by atoms with E-state index in [1.807, 2.05) is 31.2 Å². The summed E-state index contributed by atoms with van der Waals surface area (Å²) in [5.41, 5.74) is 2.93. The van der Waals surface area contributed by atoms with E-state index in [1.54, 1.807) is 12.1 Å². The van der Waals surface area contributed by atoms with E-state index in [1.165, 1.54) is 12.1 Å². The van der Waals surface area contributed by atoms with Crippen LogP contribution >= 0.6 is 0 Å². The molecule has 24 heavy (non-hydrogen) atoms. The van der Waals surface area contributed by atoms with Gasteiger partial charge in [0.2, 0.25) is 5.91 Å². The van der Waals surface area contributed by atoms with E-state index in [4.69, 9.17) is 0 Å². The van der Waals surface area contributed by atoms with Crippen LogP contribution in [0.5, 0.6) is 5.75 Å². The molecule has 0 aliphatic rings. The van der Waals surface area contributed by atoms with Crippen molar-refractivity contribution < 1.29 is 19.8 Å². The molecule has 5 heteroatoms. The number of carbonyl (C=O) groups is 2. The molecule has 2 aromatic rings. The molecule has 0 aromatic heterocycles. The predicted octanol–water partition coefficient (Wildman–Crippen LogP) is 2.45. The maximum absolute atomic E-state index is 12.0. The van der Waals surface area contributed by atoms with Gasteiger partial charge in [0.05, 0.1) is 0 Å². The molecule has 2 rings (SSSR count). The average Bonchev–Trinajstić information content (AvgIpc) is 2.55. The Labute approximate surface area is 141 Å². The molecule has 0 heterocycles. The van der Waals surface area contributed by atoms with Crippen LogP contribution in [0.3, 0.4) is 0 Å². The fourth-order valence-electron chi connectivity index (χ4n) is 2.35. The Morgan fingerprint density at radius 1 is 1.00 bits per heavy atom. The highest BCUT2D eigenvalue weighted by atomic mass is 16.4. The second-order valence-electron chi connectivity index (χ2n) is 5.81. The monoisotopic (exact) mass is 327 g/mol. The number of hydrogen-bond donors (Lipinski definition) is 3. The average molecular weight is 327 g/mol. The van der Waals surface area contributed by atoms with E-state index in [-0.39, 0.29) is 24.5 Å². The Balaban J connectivity index is 1.89. The highest BCUT2D eigenvalue weighted by molar-refractivity contribution is 5.83. The van der Waals surface area contributed by atoms with Crippen molar-refractivity contribution >= 4 is 11.9 Å². The fourth-order valence-corrected chi connectivity index (χ4v) is 2.35. The number of aliphatic carboxylic acids is 1. The van der Waals surface area contributed by atoms with E-state index in [2.05, 4.69) is 5.32 Å². The molecule has 0 saturated heterocycles. The van der Waals surface area contributed by atoms with Gasteiger partial charge in [0, 0.05) is 12.8 Å². The standard InChI is InChI=1S/C19H21NO4/c1-13-2-4-14(5-3-13)8-11-18(22)20-17(19(23)24)12-15-6-9-16(21)10-7-15/h2-7,9-10,17,21H,8,11-12H2,1H3,(H,20,22)(H,23,24)/t17-/m0/s1. The molecule has 1 amide bonds. The summed E-state index contributed by atoms with van der Waals surface area (Å²) < 4.78 is 0. The molecular formula is C19H21NO4. The first-order valence-electron chi connectivity index (χ1n) is 7.79. The Bertz CT molecular complexity index is 692. The second-order valence-corrected chi connectivity index (χ2v) is 5.81. The Kier molecular flexibility index (Phi) is 5.95. The van der Waals surface area contributed by atoms with Crippen molar-refractivity contribution in [3.63, 3.8) is 0 Å². The number of aryl methyl sites for hydroxylation is 2. The first-order chi connectivity index (χ1) is 11.4. The number of carboxylic acids is 1. The summed E-state index contributed by atoms with van der Waals surface area (Å²) in [6.45, 7) is 2.00. The Morgan fingerprint density at radius 2 is 1.58 bits per heavy atom. The minimum Gasteiger partial charge on any atom is -0.508 e. The second kappa shape index (κ2) is 8.15. The number of phenols is 1. The third kappa shape index (κ3) is 5.43. The molecule has 0 radical (unpaired) electrons. The summed E-state index contributed by atoms with van der Waals surface area (Å²) in [7, 11) is 0. The number of amides is 1. The molecule has 0 fully saturated rings. The number of carboxylic acid groups (broad SMARTS) is 1. The number of phenolic OH excluding ortho intramolecular Hbond substituents is 1. The summed E-state index contributed by atoms with van der Waals surface area (Å²) in [5, 5.41) is 21.1. The lowest BCUT2D eigenvalue weighted by Crippen LogP contribution is -2.42. The number of nitrogens with one attached hydrogen (secondary N) is 1. The van der Waals surface area contributed by atoms with Crippen molar-refractivity contribution in [1.29, 1.82) is 0 Å². The van der Waals surface area contributed by atoms with Crippen LogP contribution < -0.4 is 5.32 Å². The van der Waals surface area contributed by atoms with Crippen molar-refractivity contribution in [3.05, 3.63) is 65.2 Å². The first kappa shape index (κ1) is 17.5. The van der Waals surface area contributed by atoms with Crippen LogP contribution in [-0.4, -0.2) is 28.1 Å². The maximum atomic E-state index is 12.0. The molecule has 0 saturated carbocycles. The summed E-state index contributed by atoms with van der Waals surface area (Å²) in [5.74, 6) is -1.25. The van der Waals surface area contributed by atoms with Gasteiger partial charge in [-0.15, -0.1) is 0 Å². The molecule has 0 bridgehead atoms. The van der Waals surface area contributed by atoms with Crippen LogP contribution in [0.25, 0.3) is 0 Å². The third-order valence-electron chi connectivity index (χ3n) is 3.77. The van der Waals surface area contributed by atoms with Gasteiger partial charge < -0.3 is 15.5 Å². The molecule has 0 aliphatic carbocycles. The highest BCUT2D eigenvalue weighted by Gasteiger charge is 2.20. The lowest BCUT2D eigenvalue weighted by Gasteiger charge is -2.15. The predicted molar refractivity (Wildman–Crippen MR) is 90.9 cm³/mol. The van der Waals surface area contributed by atoms with Crippen LogP contribution in [-0.2, 0) is 22.4 Å². The minimum atomic E-state index is -1.08. The molecule has 0 aliphatic heterocycles. The molecule has 0 spiro atoms. The van der Waals surface area contributed by atoms with Crippen molar-refractivity contribution in [2.45, 2.75) is 32.2 Å². The van der Waals surface area contributed by atoms with Crippen LogP contribution in [0.1, 0.15) is 23.1 Å². The lowest BCUT2D eigenvalue weighted by atomic mass is 10.0. The van der Waals surface area contributed by atoms with E-state index in [9.17, 15) is 19.8 Å². The van der Waals surface area contributed by atoms with Gasteiger partial charge in [0.25, 0.3) is 0 Å². The Hall–Kier alpha value is -2.82. The summed E-state index contributed by atoms with van der Waals surface area (Å²) in [4.78, 5) is 23.4. The quantitative estimate of drug-likeness (QED) is 0.729. The number of aromatic hydroxyl groups is 1. The van der Waals surface area contributed by atoms with Gasteiger partial charge in [0.15, 0.2) is 0 Å². The topological polar surface area (TPSA) is 86.6 Å². The van der Waals surface area contributed by atoms with E-state index in [0.717, 1.165) is 16.7 Å².